The third kappa shape index (κ3) is 2.49. The fourth-order valence-electron chi connectivity index (χ4n) is 1.92. The summed E-state index contributed by atoms with van der Waals surface area (Å²) in [5.74, 6) is -0.555. The Morgan fingerprint density at radius 1 is 1.32 bits per heavy atom. The average molecular weight is 281 g/mol. The largest absolute Gasteiger partial charge is 0.467 e. The van der Waals surface area contributed by atoms with Gasteiger partial charge in [-0.3, -0.25) is 4.31 Å². The van der Waals surface area contributed by atoms with Gasteiger partial charge in [-0.05, 0) is 25.5 Å². The lowest BCUT2D eigenvalue weighted by Crippen LogP contribution is -2.39. The predicted molar refractivity (Wildman–Crippen MR) is 69.8 cm³/mol. The van der Waals surface area contributed by atoms with Gasteiger partial charge in [0.2, 0.25) is 0 Å². The van der Waals surface area contributed by atoms with Crippen LogP contribution in [0, 0.1) is 6.92 Å². The number of methoxy groups -OCH3 is 1. The molecule has 0 N–H and O–H groups in total. The van der Waals surface area contributed by atoms with Gasteiger partial charge in [0.05, 0.1) is 12.0 Å². The molecule has 102 valence electrons. The summed E-state index contributed by atoms with van der Waals surface area (Å²) >= 11 is 0. The van der Waals surface area contributed by atoms with Crippen LogP contribution in [0.3, 0.4) is 0 Å². The normalized spacial score (nSPS) is 18.6. The van der Waals surface area contributed by atoms with Gasteiger partial charge in [-0.2, -0.15) is 0 Å². The molecule has 2 rings (SSSR count). The number of carbonyl (C=O) groups excluding carboxylic acids is 1. The highest BCUT2D eigenvalue weighted by Crippen LogP contribution is 2.25. The van der Waals surface area contributed by atoms with Gasteiger partial charge in [-0.25, -0.2) is 13.2 Å². The smallest absolute Gasteiger partial charge is 0.330 e. The zero-order valence-electron chi connectivity index (χ0n) is 10.7. The molecule has 0 unspecified atom stereocenters. The van der Waals surface area contributed by atoms with E-state index >= 15 is 0 Å². The predicted octanol–water partition coefficient (Wildman–Crippen LogP) is 1.44. The SMILES string of the molecule is COC(=O)[C@@H]1CC=CN1S(=O)(=O)c1ccc(C)cc1. The van der Waals surface area contributed by atoms with Gasteiger partial charge in [0.15, 0.2) is 0 Å². The zero-order chi connectivity index (χ0) is 14.0. The molecular formula is C13H15NO4S. The Hall–Kier alpha value is -1.82. The van der Waals surface area contributed by atoms with Crippen LogP contribution in [0.2, 0.25) is 0 Å². The van der Waals surface area contributed by atoms with E-state index in [1.807, 2.05) is 6.92 Å². The van der Waals surface area contributed by atoms with Crippen LogP contribution in [-0.4, -0.2) is 31.8 Å². The number of sulfonamides is 1. The standard InChI is InChI=1S/C13H15NO4S/c1-10-5-7-11(8-6-10)19(16,17)14-9-3-4-12(14)13(15)18-2/h3,5-9,12H,4H2,1-2H3/t12-/m0/s1. The van der Waals surface area contributed by atoms with Gasteiger partial charge in [-0.15, -0.1) is 0 Å². The molecule has 0 bridgehead atoms. The van der Waals surface area contributed by atoms with Crippen LogP contribution in [0.1, 0.15) is 12.0 Å². The Balaban J connectivity index is 2.36. The summed E-state index contributed by atoms with van der Waals surface area (Å²) in [4.78, 5) is 11.8. The lowest BCUT2D eigenvalue weighted by atomic mass is 10.2. The summed E-state index contributed by atoms with van der Waals surface area (Å²) in [6, 6.07) is 5.70. The highest BCUT2D eigenvalue weighted by atomic mass is 32.2. The van der Waals surface area contributed by atoms with Crippen LogP contribution < -0.4 is 0 Å². The zero-order valence-corrected chi connectivity index (χ0v) is 11.6. The molecule has 1 aliphatic heterocycles. The molecule has 6 heteroatoms. The topological polar surface area (TPSA) is 63.7 Å². The van der Waals surface area contributed by atoms with E-state index in [-0.39, 0.29) is 4.90 Å². The van der Waals surface area contributed by atoms with Crippen LogP contribution in [-0.2, 0) is 19.6 Å². The van der Waals surface area contributed by atoms with E-state index in [1.165, 1.54) is 25.4 Å². The van der Waals surface area contributed by atoms with Gasteiger partial charge in [0.25, 0.3) is 10.0 Å². The van der Waals surface area contributed by atoms with Crippen molar-refractivity contribution in [2.45, 2.75) is 24.3 Å². The van der Waals surface area contributed by atoms with Gasteiger partial charge in [-0.1, -0.05) is 23.8 Å². The second-order valence-electron chi connectivity index (χ2n) is 4.31. The third-order valence-electron chi connectivity index (χ3n) is 2.99. The molecule has 0 aliphatic carbocycles. The van der Waals surface area contributed by atoms with Crippen molar-refractivity contribution in [1.29, 1.82) is 0 Å². The molecule has 1 aliphatic rings. The lowest BCUT2D eigenvalue weighted by Gasteiger charge is -2.23. The molecule has 1 heterocycles. The fourth-order valence-corrected chi connectivity index (χ4v) is 3.39. The molecule has 5 nitrogen and oxygen atoms in total. The number of esters is 1. The van der Waals surface area contributed by atoms with Crippen molar-refractivity contribution in [1.82, 2.24) is 4.31 Å². The maximum absolute atomic E-state index is 12.4. The molecule has 1 atom stereocenters. The summed E-state index contributed by atoms with van der Waals surface area (Å²) < 4.78 is 30.6. The Morgan fingerprint density at radius 3 is 2.53 bits per heavy atom. The second-order valence-corrected chi connectivity index (χ2v) is 6.15. The first kappa shape index (κ1) is 13.6. The van der Waals surface area contributed by atoms with Crippen LogP contribution in [0.4, 0.5) is 0 Å². The highest BCUT2D eigenvalue weighted by molar-refractivity contribution is 7.89. The van der Waals surface area contributed by atoms with E-state index in [2.05, 4.69) is 4.74 Å². The average Bonchev–Trinajstić information content (AvgIpc) is 2.88. The lowest BCUT2D eigenvalue weighted by molar-refractivity contribution is -0.144. The summed E-state index contributed by atoms with van der Waals surface area (Å²) in [7, 11) is -2.47. The molecule has 0 aromatic heterocycles. The maximum atomic E-state index is 12.4. The van der Waals surface area contributed by atoms with Crippen molar-refractivity contribution >= 4 is 16.0 Å². The van der Waals surface area contributed by atoms with E-state index in [1.54, 1.807) is 18.2 Å². The molecule has 1 aromatic carbocycles. The Labute approximate surface area is 112 Å². The highest BCUT2D eigenvalue weighted by Gasteiger charge is 2.36. The van der Waals surface area contributed by atoms with E-state index in [0.717, 1.165) is 9.87 Å². The molecule has 0 radical (unpaired) electrons. The van der Waals surface area contributed by atoms with E-state index in [4.69, 9.17) is 0 Å². The van der Waals surface area contributed by atoms with Crippen molar-refractivity contribution in [3.05, 3.63) is 42.1 Å². The molecule has 0 fully saturated rings. The summed E-state index contributed by atoms with van der Waals surface area (Å²) in [5.41, 5.74) is 0.973. The molecule has 0 saturated heterocycles. The van der Waals surface area contributed by atoms with Gasteiger partial charge >= 0.3 is 5.97 Å². The number of ether oxygens (including phenoxy) is 1. The van der Waals surface area contributed by atoms with Crippen molar-refractivity contribution in [2.75, 3.05) is 7.11 Å². The van der Waals surface area contributed by atoms with Gasteiger partial charge < -0.3 is 4.74 Å². The number of benzene rings is 1. The van der Waals surface area contributed by atoms with Crippen LogP contribution in [0.15, 0.2) is 41.4 Å². The number of nitrogens with zero attached hydrogens (tertiary/aromatic N) is 1. The molecule has 0 amide bonds. The first-order chi connectivity index (χ1) is 8.96. The molecule has 19 heavy (non-hydrogen) atoms. The van der Waals surface area contributed by atoms with Gasteiger partial charge in [0, 0.05) is 6.20 Å². The first-order valence-electron chi connectivity index (χ1n) is 5.81. The van der Waals surface area contributed by atoms with Crippen molar-refractivity contribution in [2.24, 2.45) is 0 Å². The Kier molecular flexibility index (Phi) is 3.61. The Bertz CT molecular complexity index is 604. The summed E-state index contributed by atoms with van der Waals surface area (Å²) in [5, 5.41) is 0. The van der Waals surface area contributed by atoms with E-state index < -0.39 is 22.0 Å². The molecule has 0 saturated carbocycles. The number of hydrogen-bond acceptors (Lipinski definition) is 4. The minimum absolute atomic E-state index is 0.165. The van der Waals surface area contributed by atoms with Crippen LogP contribution in [0.25, 0.3) is 0 Å². The van der Waals surface area contributed by atoms with Crippen molar-refractivity contribution in [3.63, 3.8) is 0 Å². The summed E-state index contributed by atoms with van der Waals surface area (Å²) in [6.45, 7) is 1.88. The van der Waals surface area contributed by atoms with Crippen molar-refractivity contribution < 1.29 is 17.9 Å². The molecule has 1 aromatic rings. The maximum Gasteiger partial charge on any atom is 0.330 e. The fraction of sp³-hybridized carbons (Fsp3) is 0.308. The quantitative estimate of drug-likeness (QED) is 0.787. The van der Waals surface area contributed by atoms with Crippen LogP contribution in [0.5, 0.6) is 0 Å². The van der Waals surface area contributed by atoms with Gasteiger partial charge in [0.1, 0.15) is 6.04 Å². The number of carbonyl (C=O) groups is 1. The minimum atomic E-state index is -3.71. The number of aryl methyl sites for hydroxylation is 1. The molecular weight excluding hydrogens is 266 g/mol. The first-order valence-corrected chi connectivity index (χ1v) is 7.25. The molecule has 0 spiro atoms. The minimum Gasteiger partial charge on any atom is -0.467 e. The van der Waals surface area contributed by atoms with Crippen LogP contribution >= 0.6 is 0 Å². The number of hydrogen-bond donors (Lipinski definition) is 0. The van der Waals surface area contributed by atoms with E-state index in [9.17, 15) is 13.2 Å². The third-order valence-corrected chi connectivity index (χ3v) is 4.79. The monoisotopic (exact) mass is 281 g/mol. The summed E-state index contributed by atoms with van der Waals surface area (Å²) in [6.07, 6.45) is 3.39. The number of rotatable bonds is 3. The Morgan fingerprint density at radius 2 is 1.95 bits per heavy atom. The van der Waals surface area contributed by atoms with Crippen molar-refractivity contribution in [3.8, 4) is 0 Å². The second kappa shape index (κ2) is 5.05. The van der Waals surface area contributed by atoms with E-state index in [0.29, 0.717) is 6.42 Å².